The van der Waals surface area contributed by atoms with Crippen LogP contribution in [0.4, 0.5) is 0 Å². The van der Waals surface area contributed by atoms with Gasteiger partial charge in [-0.15, -0.1) is 6.58 Å². The smallest absolute Gasteiger partial charge is 0.212 e. The van der Waals surface area contributed by atoms with E-state index in [9.17, 15) is 0 Å². The first kappa shape index (κ1) is 28.8. The van der Waals surface area contributed by atoms with E-state index in [-0.39, 0.29) is 17.1 Å². The van der Waals surface area contributed by atoms with Gasteiger partial charge in [0.2, 0.25) is 5.88 Å². The number of hydrogen-bond donors (Lipinski definition) is 1. The van der Waals surface area contributed by atoms with Gasteiger partial charge in [0.05, 0.1) is 25.4 Å². The maximum absolute atomic E-state index is 6.64. The number of nitrogens with two attached hydrogens (primary N) is 1. The van der Waals surface area contributed by atoms with Crippen molar-refractivity contribution in [2.24, 2.45) is 16.3 Å². The van der Waals surface area contributed by atoms with Crippen molar-refractivity contribution < 1.29 is 18.9 Å². The lowest BCUT2D eigenvalue weighted by Gasteiger charge is -2.50. The molecular weight excluding hydrogens is 442 g/mol. The number of allylic oxidation sites excluding steroid dienone is 6. The van der Waals surface area contributed by atoms with Crippen LogP contribution in [-0.2, 0) is 18.9 Å². The Morgan fingerprint density at radius 1 is 1.34 bits per heavy atom. The molecular formula is C28H43N3O4. The van der Waals surface area contributed by atoms with Crippen LogP contribution in [-0.4, -0.2) is 64.0 Å². The molecule has 0 spiro atoms. The molecule has 7 nitrogen and oxygen atoms in total. The van der Waals surface area contributed by atoms with Crippen LogP contribution in [0, 0.1) is 5.41 Å². The molecule has 0 amide bonds. The Balaban J connectivity index is 2.21. The summed E-state index contributed by atoms with van der Waals surface area (Å²) in [7, 11) is 3.35. The highest BCUT2D eigenvalue weighted by molar-refractivity contribution is 5.33. The van der Waals surface area contributed by atoms with E-state index in [0.29, 0.717) is 38.7 Å². The Kier molecular flexibility index (Phi) is 11.2. The Labute approximate surface area is 211 Å². The largest absolute Gasteiger partial charge is 0.440 e. The molecule has 35 heavy (non-hydrogen) atoms. The van der Waals surface area contributed by atoms with Crippen LogP contribution in [0.15, 0.2) is 77.0 Å². The monoisotopic (exact) mass is 485 g/mol. The molecule has 2 N–H and O–H groups in total. The van der Waals surface area contributed by atoms with Gasteiger partial charge in [-0.3, -0.25) is 0 Å². The number of hydrazone groups is 1. The third-order valence-electron chi connectivity index (χ3n) is 6.62. The highest BCUT2D eigenvalue weighted by Crippen LogP contribution is 2.41. The molecule has 0 aromatic carbocycles. The number of nitrogens with zero attached hydrogens (tertiary/aromatic N) is 2. The van der Waals surface area contributed by atoms with E-state index in [4.69, 9.17) is 24.7 Å². The minimum absolute atomic E-state index is 0.120. The minimum atomic E-state index is -0.382. The van der Waals surface area contributed by atoms with Gasteiger partial charge in [-0.25, -0.2) is 5.01 Å². The molecule has 1 heterocycles. The van der Waals surface area contributed by atoms with Crippen LogP contribution < -0.4 is 5.73 Å². The maximum Gasteiger partial charge on any atom is 0.212 e. The van der Waals surface area contributed by atoms with Crippen molar-refractivity contribution in [2.75, 3.05) is 40.6 Å². The lowest BCUT2D eigenvalue weighted by atomic mass is 9.67. The van der Waals surface area contributed by atoms with E-state index >= 15 is 0 Å². The highest BCUT2D eigenvalue weighted by atomic mass is 16.5. The summed E-state index contributed by atoms with van der Waals surface area (Å²) < 4.78 is 22.5. The summed E-state index contributed by atoms with van der Waals surface area (Å²) in [4.78, 5) is 0. The molecule has 7 heteroatoms. The molecule has 0 aromatic heterocycles. The van der Waals surface area contributed by atoms with Crippen LogP contribution in [0.2, 0.25) is 0 Å². The summed E-state index contributed by atoms with van der Waals surface area (Å²) in [6.07, 6.45) is 16.4. The van der Waals surface area contributed by atoms with Gasteiger partial charge < -0.3 is 24.7 Å². The van der Waals surface area contributed by atoms with E-state index in [0.717, 1.165) is 24.2 Å². The fourth-order valence-corrected chi connectivity index (χ4v) is 4.25. The van der Waals surface area contributed by atoms with Crippen molar-refractivity contribution in [3.05, 3.63) is 71.9 Å². The van der Waals surface area contributed by atoms with Gasteiger partial charge in [-0.05, 0) is 56.9 Å². The van der Waals surface area contributed by atoms with Crippen molar-refractivity contribution in [2.45, 2.75) is 51.7 Å². The van der Waals surface area contributed by atoms with Crippen LogP contribution in [0.1, 0.15) is 40.0 Å². The Morgan fingerprint density at radius 3 is 2.63 bits per heavy atom. The van der Waals surface area contributed by atoms with Gasteiger partial charge in [-0.2, -0.15) is 5.10 Å². The van der Waals surface area contributed by atoms with E-state index in [1.807, 2.05) is 37.3 Å². The summed E-state index contributed by atoms with van der Waals surface area (Å²) >= 11 is 0. The summed E-state index contributed by atoms with van der Waals surface area (Å²) in [5.41, 5.74) is 8.26. The van der Waals surface area contributed by atoms with Crippen LogP contribution >= 0.6 is 0 Å². The molecule has 2 unspecified atom stereocenters. The predicted octanol–water partition coefficient (Wildman–Crippen LogP) is 4.86. The predicted molar refractivity (Wildman–Crippen MR) is 143 cm³/mol. The first-order valence-corrected chi connectivity index (χ1v) is 12.1. The van der Waals surface area contributed by atoms with Gasteiger partial charge in [0.1, 0.15) is 11.9 Å². The Morgan fingerprint density at radius 2 is 2.09 bits per heavy atom. The zero-order chi connectivity index (χ0) is 25.9. The van der Waals surface area contributed by atoms with E-state index in [1.54, 1.807) is 19.2 Å². The van der Waals surface area contributed by atoms with Gasteiger partial charge in [0.15, 0.2) is 0 Å². The fraction of sp³-hybridized carbons (Fsp3) is 0.536. The molecule has 1 fully saturated rings. The first-order valence-electron chi connectivity index (χ1n) is 12.1. The molecule has 0 radical (unpaired) electrons. The third-order valence-corrected chi connectivity index (χ3v) is 6.62. The van der Waals surface area contributed by atoms with Crippen molar-refractivity contribution in [3.8, 4) is 0 Å². The van der Waals surface area contributed by atoms with Gasteiger partial charge in [-0.1, -0.05) is 36.8 Å². The van der Waals surface area contributed by atoms with Crippen molar-refractivity contribution in [1.82, 2.24) is 5.01 Å². The minimum Gasteiger partial charge on any atom is -0.440 e. The topological polar surface area (TPSA) is 78.5 Å². The molecule has 1 saturated heterocycles. The molecule has 2 aliphatic rings. The zero-order valence-electron chi connectivity index (χ0n) is 22.1. The maximum atomic E-state index is 6.64. The highest BCUT2D eigenvalue weighted by Gasteiger charge is 2.48. The standard InChI is InChI=1S/C28H43N3O4/c1-8-17-27(4,28(29)20-34-21-28)18-22(3)13-16-26(31(9-2)30-5)35-24-12-10-11-23(14-15-24)25(33-7)19-32-6/h8,11-12,14-16,18,25H,1,5,9-10,13,17,19-21,29H2,2-4,6-7H3/b22-18+,26-16+. The normalized spacial score (nSPS) is 20.5. The Bertz CT molecular complexity index is 883. The quantitative estimate of drug-likeness (QED) is 0.154. The average Bonchev–Trinajstić information content (AvgIpc) is 3.05. The second-order valence-corrected chi connectivity index (χ2v) is 9.31. The number of rotatable bonds is 15. The van der Waals surface area contributed by atoms with Gasteiger partial charge >= 0.3 is 0 Å². The summed E-state index contributed by atoms with van der Waals surface area (Å²) in [6.45, 7) is 16.2. The lowest BCUT2D eigenvalue weighted by molar-refractivity contribution is -0.101. The number of ether oxygens (including phenoxy) is 4. The third kappa shape index (κ3) is 7.51. The molecule has 0 saturated carbocycles. The Hall–Kier alpha value is -2.45. The van der Waals surface area contributed by atoms with E-state index < -0.39 is 0 Å². The average molecular weight is 486 g/mol. The lowest BCUT2D eigenvalue weighted by Crippen LogP contribution is -2.66. The van der Waals surface area contributed by atoms with Crippen LogP contribution in [0.5, 0.6) is 0 Å². The molecule has 0 bridgehead atoms. The van der Waals surface area contributed by atoms with E-state index in [2.05, 4.69) is 44.4 Å². The molecule has 1 aliphatic carbocycles. The molecule has 2 atom stereocenters. The number of hydrogen-bond acceptors (Lipinski definition) is 7. The zero-order valence-corrected chi connectivity index (χ0v) is 22.1. The van der Waals surface area contributed by atoms with Crippen molar-refractivity contribution in [1.29, 1.82) is 0 Å². The van der Waals surface area contributed by atoms with Crippen molar-refractivity contribution in [3.63, 3.8) is 0 Å². The summed E-state index contributed by atoms with van der Waals surface area (Å²) in [5.74, 6) is 1.37. The first-order chi connectivity index (χ1) is 16.8. The molecule has 1 aliphatic heterocycles. The summed E-state index contributed by atoms with van der Waals surface area (Å²) in [5, 5.41) is 5.89. The molecule has 0 aromatic rings. The fourth-order valence-electron chi connectivity index (χ4n) is 4.25. The van der Waals surface area contributed by atoms with Crippen LogP contribution in [0.3, 0.4) is 0 Å². The SMILES string of the molecule is C=CCC(C)(/C=C(\C)C/C=C(/OC1=CCC=C(C(COC)OC)C=C1)N(CC)N=C)C1(N)COC1. The molecule has 2 rings (SSSR count). The second-order valence-electron chi connectivity index (χ2n) is 9.31. The molecule has 194 valence electrons. The summed E-state index contributed by atoms with van der Waals surface area (Å²) in [6, 6.07) is 0. The van der Waals surface area contributed by atoms with Crippen LogP contribution in [0.25, 0.3) is 0 Å². The van der Waals surface area contributed by atoms with Gasteiger partial charge in [0, 0.05) is 32.9 Å². The van der Waals surface area contributed by atoms with Crippen molar-refractivity contribution >= 4 is 6.72 Å². The second kappa shape index (κ2) is 13.6. The van der Waals surface area contributed by atoms with E-state index in [1.165, 1.54) is 5.57 Å². The number of methoxy groups -OCH3 is 2. The van der Waals surface area contributed by atoms with Gasteiger partial charge in [0.25, 0.3) is 0 Å².